The summed E-state index contributed by atoms with van der Waals surface area (Å²) in [5.41, 5.74) is -0.223. The summed E-state index contributed by atoms with van der Waals surface area (Å²) in [6.45, 7) is 0.138. The van der Waals surface area contributed by atoms with Crippen LogP contribution in [0.3, 0.4) is 0 Å². The van der Waals surface area contributed by atoms with Gasteiger partial charge in [-0.1, -0.05) is 18.0 Å². The van der Waals surface area contributed by atoms with Crippen LogP contribution in [0.25, 0.3) is 0 Å². The van der Waals surface area contributed by atoms with E-state index in [1.54, 1.807) is 18.2 Å². The van der Waals surface area contributed by atoms with Crippen LogP contribution in [0.2, 0.25) is 5.02 Å². The second kappa shape index (κ2) is 6.01. The molecule has 2 rings (SSSR count). The molecule has 1 aliphatic rings. The van der Waals surface area contributed by atoms with Crippen molar-refractivity contribution in [1.82, 2.24) is 5.32 Å². The molecule has 0 radical (unpaired) electrons. The van der Waals surface area contributed by atoms with Crippen molar-refractivity contribution in [3.8, 4) is 0 Å². The molecule has 1 saturated carbocycles. The predicted molar refractivity (Wildman–Crippen MR) is 80.1 cm³/mol. The summed E-state index contributed by atoms with van der Waals surface area (Å²) in [6, 6.07) is 4.57. The van der Waals surface area contributed by atoms with Gasteiger partial charge in [0.1, 0.15) is 0 Å². The molecule has 5 nitrogen and oxygen atoms in total. The lowest BCUT2D eigenvalue weighted by Crippen LogP contribution is -2.48. The van der Waals surface area contributed by atoms with Gasteiger partial charge in [0.25, 0.3) is 0 Å². The van der Waals surface area contributed by atoms with Gasteiger partial charge in [-0.2, -0.15) is 0 Å². The van der Waals surface area contributed by atoms with E-state index in [-0.39, 0.29) is 6.54 Å². The molecule has 1 fully saturated rings. The van der Waals surface area contributed by atoms with Crippen LogP contribution in [-0.2, 0) is 4.79 Å². The number of hydrogen-bond acceptors (Lipinski definition) is 2. The second-order valence-corrected chi connectivity index (χ2v) is 6.16. The van der Waals surface area contributed by atoms with Crippen molar-refractivity contribution in [1.29, 1.82) is 0 Å². The van der Waals surface area contributed by atoms with Gasteiger partial charge in [0, 0.05) is 16.0 Å². The highest BCUT2D eigenvalue weighted by Gasteiger charge is 2.44. The molecule has 0 aromatic heterocycles. The van der Waals surface area contributed by atoms with E-state index in [4.69, 9.17) is 16.7 Å². The number of carbonyl (C=O) groups is 2. The van der Waals surface area contributed by atoms with E-state index in [0.717, 1.165) is 6.42 Å². The Labute approximate surface area is 129 Å². The van der Waals surface area contributed by atoms with Crippen LogP contribution in [0.4, 0.5) is 10.5 Å². The SMILES string of the molecule is O=C(NCC1(C(=O)O)CCC1)Nc1ccc(Cl)cc1Br. The smallest absolute Gasteiger partial charge is 0.319 e. The number of amides is 2. The minimum absolute atomic E-state index is 0.138. The van der Waals surface area contributed by atoms with E-state index < -0.39 is 17.4 Å². The summed E-state index contributed by atoms with van der Waals surface area (Å²) in [5, 5.41) is 15.0. The van der Waals surface area contributed by atoms with Gasteiger partial charge in [0.05, 0.1) is 11.1 Å². The van der Waals surface area contributed by atoms with Crippen LogP contribution in [0.15, 0.2) is 22.7 Å². The van der Waals surface area contributed by atoms with Gasteiger partial charge < -0.3 is 15.7 Å². The van der Waals surface area contributed by atoms with Crippen LogP contribution in [-0.4, -0.2) is 23.7 Å². The monoisotopic (exact) mass is 360 g/mol. The first kappa shape index (κ1) is 15.1. The van der Waals surface area contributed by atoms with Crippen molar-refractivity contribution in [2.24, 2.45) is 5.41 Å². The zero-order valence-corrected chi connectivity index (χ0v) is 12.9. The van der Waals surface area contributed by atoms with Crippen molar-refractivity contribution >= 4 is 45.2 Å². The number of nitrogens with one attached hydrogen (secondary N) is 2. The molecule has 108 valence electrons. The Hall–Kier alpha value is -1.27. The Kier molecular flexibility index (Phi) is 4.55. The zero-order chi connectivity index (χ0) is 14.8. The zero-order valence-electron chi connectivity index (χ0n) is 10.6. The largest absolute Gasteiger partial charge is 0.481 e. The molecule has 0 bridgehead atoms. The van der Waals surface area contributed by atoms with Gasteiger partial charge in [0.2, 0.25) is 0 Å². The van der Waals surface area contributed by atoms with E-state index >= 15 is 0 Å². The molecule has 0 spiro atoms. The average Bonchev–Trinajstić information content (AvgIpc) is 2.31. The van der Waals surface area contributed by atoms with Crippen LogP contribution >= 0.6 is 27.5 Å². The van der Waals surface area contributed by atoms with Crippen molar-refractivity contribution in [3.05, 3.63) is 27.7 Å². The Morgan fingerprint density at radius 3 is 2.60 bits per heavy atom. The van der Waals surface area contributed by atoms with E-state index in [1.807, 2.05) is 0 Å². The highest BCUT2D eigenvalue weighted by Crippen LogP contribution is 2.40. The van der Waals surface area contributed by atoms with Crippen molar-refractivity contribution in [3.63, 3.8) is 0 Å². The quantitative estimate of drug-likeness (QED) is 0.768. The fourth-order valence-electron chi connectivity index (χ4n) is 2.08. The molecular weight excluding hydrogens is 348 g/mol. The summed E-state index contributed by atoms with van der Waals surface area (Å²) in [6.07, 6.45) is 2.10. The van der Waals surface area contributed by atoms with E-state index in [0.29, 0.717) is 28.0 Å². The Balaban J connectivity index is 1.91. The number of anilines is 1. The minimum Gasteiger partial charge on any atom is -0.481 e. The average molecular weight is 362 g/mol. The standard InChI is InChI=1S/C13H14BrClN2O3/c14-9-6-8(15)2-3-10(9)17-12(20)16-7-13(11(18)19)4-1-5-13/h2-3,6H,1,4-5,7H2,(H,18,19)(H2,16,17,20). The van der Waals surface area contributed by atoms with Gasteiger partial charge in [0.15, 0.2) is 0 Å². The van der Waals surface area contributed by atoms with Crippen LogP contribution in [0.1, 0.15) is 19.3 Å². The molecule has 20 heavy (non-hydrogen) atoms. The summed E-state index contributed by atoms with van der Waals surface area (Å²) >= 11 is 9.11. The Bertz CT molecular complexity index is 546. The third-order valence-electron chi connectivity index (χ3n) is 3.53. The molecule has 0 heterocycles. The normalized spacial score (nSPS) is 16.1. The molecule has 2 amide bonds. The van der Waals surface area contributed by atoms with Gasteiger partial charge in [-0.25, -0.2) is 4.79 Å². The number of rotatable bonds is 4. The molecule has 1 aromatic rings. The van der Waals surface area contributed by atoms with Crippen molar-refractivity contribution in [2.75, 3.05) is 11.9 Å². The number of hydrogen-bond donors (Lipinski definition) is 3. The number of carboxylic acids is 1. The highest BCUT2D eigenvalue weighted by molar-refractivity contribution is 9.10. The molecular formula is C13H14BrClN2O3. The summed E-state index contributed by atoms with van der Waals surface area (Å²) < 4.78 is 0.664. The molecule has 7 heteroatoms. The molecule has 0 saturated heterocycles. The Morgan fingerprint density at radius 2 is 2.10 bits per heavy atom. The Morgan fingerprint density at radius 1 is 1.40 bits per heavy atom. The van der Waals surface area contributed by atoms with Crippen LogP contribution in [0.5, 0.6) is 0 Å². The van der Waals surface area contributed by atoms with Gasteiger partial charge in [-0.05, 0) is 47.0 Å². The highest BCUT2D eigenvalue weighted by atomic mass is 79.9. The summed E-state index contributed by atoms with van der Waals surface area (Å²) in [4.78, 5) is 23.0. The molecule has 3 N–H and O–H groups in total. The van der Waals surface area contributed by atoms with E-state index in [2.05, 4.69) is 26.6 Å². The topological polar surface area (TPSA) is 78.4 Å². The number of aliphatic carboxylic acids is 1. The van der Waals surface area contributed by atoms with Gasteiger partial charge >= 0.3 is 12.0 Å². The van der Waals surface area contributed by atoms with E-state index in [1.165, 1.54) is 0 Å². The summed E-state index contributed by atoms with van der Waals surface area (Å²) in [5.74, 6) is -0.850. The second-order valence-electron chi connectivity index (χ2n) is 4.87. The number of benzene rings is 1. The molecule has 0 unspecified atom stereocenters. The fraction of sp³-hybridized carbons (Fsp3) is 0.385. The van der Waals surface area contributed by atoms with Crippen molar-refractivity contribution < 1.29 is 14.7 Å². The van der Waals surface area contributed by atoms with Crippen molar-refractivity contribution in [2.45, 2.75) is 19.3 Å². The minimum atomic E-state index is -0.850. The first-order chi connectivity index (χ1) is 9.43. The van der Waals surface area contributed by atoms with Crippen LogP contribution in [0, 0.1) is 5.41 Å². The lowest BCUT2D eigenvalue weighted by molar-refractivity contribution is -0.153. The number of urea groups is 1. The first-order valence-electron chi connectivity index (χ1n) is 6.16. The number of carbonyl (C=O) groups excluding carboxylic acids is 1. The maximum absolute atomic E-state index is 11.8. The molecule has 0 atom stereocenters. The lowest BCUT2D eigenvalue weighted by Gasteiger charge is -2.37. The van der Waals surface area contributed by atoms with Gasteiger partial charge in [-0.3, -0.25) is 4.79 Å². The number of halogens is 2. The lowest BCUT2D eigenvalue weighted by atomic mass is 9.69. The molecule has 0 aliphatic heterocycles. The molecule has 1 aromatic carbocycles. The first-order valence-corrected chi connectivity index (χ1v) is 7.33. The third-order valence-corrected chi connectivity index (χ3v) is 4.42. The van der Waals surface area contributed by atoms with Gasteiger partial charge in [-0.15, -0.1) is 0 Å². The number of carboxylic acid groups (broad SMARTS) is 1. The van der Waals surface area contributed by atoms with E-state index in [9.17, 15) is 9.59 Å². The fourth-order valence-corrected chi connectivity index (χ4v) is 2.86. The third kappa shape index (κ3) is 3.24. The van der Waals surface area contributed by atoms with Crippen LogP contribution < -0.4 is 10.6 Å². The maximum Gasteiger partial charge on any atom is 0.319 e. The molecule has 1 aliphatic carbocycles. The maximum atomic E-state index is 11.8. The summed E-state index contributed by atoms with van der Waals surface area (Å²) in [7, 11) is 0. The predicted octanol–water partition coefficient (Wildman–Crippen LogP) is 3.48.